The molecule has 4 rings (SSSR count). The smallest absolute Gasteiger partial charge is 0.256 e. The summed E-state index contributed by atoms with van der Waals surface area (Å²) in [6.45, 7) is 7.13. The summed E-state index contributed by atoms with van der Waals surface area (Å²) in [5.74, 6) is -0.226. The Morgan fingerprint density at radius 1 is 1.16 bits per heavy atom. The van der Waals surface area contributed by atoms with Crippen molar-refractivity contribution in [1.29, 1.82) is 0 Å². The molecule has 1 fully saturated rings. The van der Waals surface area contributed by atoms with Crippen molar-refractivity contribution >= 4 is 39.8 Å². The number of benzene rings is 1. The van der Waals surface area contributed by atoms with Gasteiger partial charge in [-0.1, -0.05) is 37.6 Å². The van der Waals surface area contributed by atoms with E-state index in [1.807, 2.05) is 37.4 Å². The van der Waals surface area contributed by atoms with E-state index in [2.05, 4.69) is 20.2 Å². The molecule has 9 heteroatoms. The SMILES string of the molecule is CC.O=C(c1cccc(Cl)c1F)N1CCN(Cc2cccc(Nc3nccs3)n2)CC1. The number of nitrogens with zero attached hydrogens (tertiary/aromatic N) is 4. The molecule has 3 heterocycles. The van der Waals surface area contributed by atoms with Crippen molar-refractivity contribution in [2.75, 3.05) is 31.5 Å². The number of anilines is 2. The van der Waals surface area contributed by atoms with Gasteiger partial charge in [-0.3, -0.25) is 9.69 Å². The third-order valence-electron chi connectivity index (χ3n) is 4.70. The number of hydrogen-bond donors (Lipinski definition) is 1. The van der Waals surface area contributed by atoms with Gasteiger partial charge in [0.15, 0.2) is 10.9 Å². The first-order valence-electron chi connectivity index (χ1n) is 10.2. The van der Waals surface area contributed by atoms with E-state index in [9.17, 15) is 9.18 Å². The number of hydrogen-bond acceptors (Lipinski definition) is 6. The van der Waals surface area contributed by atoms with E-state index in [1.165, 1.54) is 23.5 Å². The van der Waals surface area contributed by atoms with Crippen LogP contribution >= 0.6 is 22.9 Å². The number of thiazole rings is 1. The minimum Gasteiger partial charge on any atom is -0.336 e. The van der Waals surface area contributed by atoms with Gasteiger partial charge in [0.1, 0.15) is 5.82 Å². The minimum atomic E-state index is -0.657. The molecule has 2 aromatic heterocycles. The predicted molar refractivity (Wildman–Crippen MR) is 124 cm³/mol. The number of piperazine rings is 1. The highest BCUT2D eigenvalue weighted by molar-refractivity contribution is 7.13. The van der Waals surface area contributed by atoms with Gasteiger partial charge in [-0.2, -0.15) is 0 Å². The number of carbonyl (C=O) groups is 1. The van der Waals surface area contributed by atoms with Gasteiger partial charge in [0.2, 0.25) is 0 Å². The second-order valence-corrected chi connectivity index (χ2v) is 7.95. The number of rotatable bonds is 5. The minimum absolute atomic E-state index is 0.0218. The molecule has 1 amide bonds. The van der Waals surface area contributed by atoms with E-state index in [-0.39, 0.29) is 16.5 Å². The molecule has 1 aliphatic rings. The van der Waals surface area contributed by atoms with Crippen LogP contribution in [0.25, 0.3) is 0 Å². The Balaban J connectivity index is 0.00000132. The average molecular weight is 462 g/mol. The van der Waals surface area contributed by atoms with E-state index in [0.717, 1.165) is 16.6 Å². The van der Waals surface area contributed by atoms with Gasteiger partial charge < -0.3 is 10.2 Å². The largest absolute Gasteiger partial charge is 0.336 e. The van der Waals surface area contributed by atoms with Crippen molar-refractivity contribution < 1.29 is 9.18 Å². The van der Waals surface area contributed by atoms with E-state index in [1.54, 1.807) is 17.2 Å². The van der Waals surface area contributed by atoms with Gasteiger partial charge in [0.05, 0.1) is 16.3 Å². The number of pyridine rings is 1. The van der Waals surface area contributed by atoms with Crippen LogP contribution < -0.4 is 5.32 Å². The average Bonchev–Trinajstić information content (AvgIpc) is 3.30. The van der Waals surface area contributed by atoms with Gasteiger partial charge in [0.25, 0.3) is 5.91 Å². The van der Waals surface area contributed by atoms with Crippen molar-refractivity contribution in [3.8, 4) is 0 Å². The van der Waals surface area contributed by atoms with Crippen molar-refractivity contribution in [2.24, 2.45) is 0 Å². The molecule has 3 aromatic rings. The van der Waals surface area contributed by atoms with Gasteiger partial charge >= 0.3 is 0 Å². The molecular formula is C22H25ClFN5OS. The lowest BCUT2D eigenvalue weighted by molar-refractivity contribution is 0.0622. The van der Waals surface area contributed by atoms with Crippen LogP contribution in [-0.2, 0) is 6.54 Å². The zero-order chi connectivity index (χ0) is 22.2. The van der Waals surface area contributed by atoms with Gasteiger partial charge in [0, 0.05) is 44.3 Å². The molecule has 0 saturated carbocycles. The van der Waals surface area contributed by atoms with Crippen LogP contribution in [-0.4, -0.2) is 51.9 Å². The zero-order valence-corrected chi connectivity index (χ0v) is 19.1. The molecule has 0 unspecified atom stereocenters. The zero-order valence-electron chi connectivity index (χ0n) is 17.5. The van der Waals surface area contributed by atoms with Crippen LogP contribution in [0.15, 0.2) is 48.0 Å². The maximum absolute atomic E-state index is 14.1. The topological polar surface area (TPSA) is 61.4 Å². The molecule has 0 atom stereocenters. The maximum atomic E-state index is 14.1. The Labute approximate surface area is 190 Å². The molecule has 0 radical (unpaired) electrons. The van der Waals surface area contributed by atoms with Crippen LogP contribution in [0.4, 0.5) is 15.3 Å². The summed E-state index contributed by atoms with van der Waals surface area (Å²) < 4.78 is 14.1. The van der Waals surface area contributed by atoms with Crippen molar-refractivity contribution in [2.45, 2.75) is 20.4 Å². The molecule has 6 nitrogen and oxygen atoms in total. The van der Waals surface area contributed by atoms with Crippen LogP contribution in [0.3, 0.4) is 0 Å². The normalized spacial score (nSPS) is 14.0. The Morgan fingerprint density at radius 3 is 2.61 bits per heavy atom. The Bertz CT molecular complexity index is 993. The highest BCUT2D eigenvalue weighted by Gasteiger charge is 2.25. The second kappa shape index (κ2) is 11.2. The summed E-state index contributed by atoms with van der Waals surface area (Å²) >= 11 is 7.32. The summed E-state index contributed by atoms with van der Waals surface area (Å²) in [5, 5.41) is 5.86. The van der Waals surface area contributed by atoms with Crippen molar-refractivity contribution in [3.05, 3.63) is 70.1 Å². The molecule has 0 spiro atoms. The van der Waals surface area contributed by atoms with E-state index in [0.29, 0.717) is 32.7 Å². The summed E-state index contributed by atoms with van der Waals surface area (Å²) in [7, 11) is 0. The molecule has 0 bridgehead atoms. The number of carbonyl (C=O) groups excluding carboxylic acids is 1. The van der Waals surface area contributed by atoms with Gasteiger partial charge in [-0.05, 0) is 24.3 Å². The quantitative estimate of drug-likeness (QED) is 0.575. The van der Waals surface area contributed by atoms with Crippen LogP contribution in [0.5, 0.6) is 0 Å². The first-order valence-corrected chi connectivity index (χ1v) is 11.4. The molecule has 1 aliphatic heterocycles. The van der Waals surface area contributed by atoms with E-state index in [4.69, 9.17) is 11.6 Å². The lowest BCUT2D eigenvalue weighted by Crippen LogP contribution is -2.48. The lowest BCUT2D eigenvalue weighted by atomic mass is 10.1. The molecule has 1 aromatic carbocycles. The van der Waals surface area contributed by atoms with Crippen molar-refractivity contribution in [3.63, 3.8) is 0 Å². The fraction of sp³-hybridized carbons (Fsp3) is 0.318. The van der Waals surface area contributed by atoms with Gasteiger partial charge in [-0.25, -0.2) is 14.4 Å². The Hall–Kier alpha value is -2.55. The van der Waals surface area contributed by atoms with Crippen LogP contribution in [0, 0.1) is 5.82 Å². The number of halogens is 2. The third kappa shape index (κ3) is 6.00. The number of nitrogens with one attached hydrogen (secondary N) is 1. The summed E-state index contributed by atoms with van der Waals surface area (Å²) in [6.07, 6.45) is 1.74. The first-order chi connectivity index (χ1) is 15.1. The molecule has 1 N–H and O–H groups in total. The summed E-state index contributed by atoms with van der Waals surface area (Å²) in [4.78, 5) is 25.3. The lowest BCUT2D eigenvalue weighted by Gasteiger charge is -2.34. The molecule has 31 heavy (non-hydrogen) atoms. The Morgan fingerprint density at radius 2 is 1.90 bits per heavy atom. The molecular weight excluding hydrogens is 437 g/mol. The maximum Gasteiger partial charge on any atom is 0.256 e. The summed E-state index contributed by atoms with van der Waals surface area (Å²) in [6, 6.07) is 10.3. The Kier molecular flexibility index (Phi) is 8.34. The standard InChI is InChI=1S/C20H19ClFN5OS.C2H6/c21-16-5-2-4-15(18(16)22)19(28)27-10-8-26(9-11-27)13-14-3-1-6-17(24-14)25-20-23-7-12-29-20;1-2/h1-7,12H,8-11,13H2,(H,23,24,25);1-2H3. The fourth-order valence-corrected chi connectivity index (χ4v) is 3.92. The molecule has 0 aliphatic carbocycles. The first kappa shape index (κ1) is 23.1. The molecule has 1 saturated heterocycles. The number of aromatic nitrogens is 2. The monoisotopic (exact) mass is 461 g/mol. The van der Waals surface area contributed by atoms with E-state index < -0.39 is 5.82 Å². The van der Waals surface area contributed by atoms with Crippen molar-refractivity contribution in [1.82, 2.24) is 19.8 Å². The van der Waals surface area contributed by atoms with Crippen LogP contribution in [0.2, 0.25) is 5.02 Å². The number of amides is 1. The molecule has 164 valence electrons. The summed E-state index contributed by atoms with van der Waals surface area (Å²) in [5.41, 5.74) is 0.959. The van der Waals surface area contributed by atoms with Gasteiger partial charge in [-0.15, -0.1) is 11.3 Å². The second-order valence-electron chi connectivity index (χ2n) is 6.65. The third-order valence-corrected chi connectivity index (χ3v) is 5.68. The highest BCUT2D eigenvalue weighted by Crippen LogP contribution is 2.21. The highest BCUT2D eigenvalue weighted by atomic mass is 35.5. The van der Waals surface area contributed by atoms with Crippen LogP contribution in [0.1, 0.15) is 29.9 Å². The van der Waals surface area contributed by atoms with E-state index >= 15 is 0 Å². The predicted octanol–water partition coefficient (Wildman–Crippen LogP) is 5.06. The fourth-order valence-electron chi connectivity index (χ4n) is 3.21.